The molecule has 30 heavy (non-hydrogen) atoms. The Hall–Kier alpha value is -3.39. The molecule has 0 saturated heterocycles. The number of hydrogen-bond donors (Lipinski definition) is 3. The lowest BCUT2D eigenvalue weighted by Crippen LogP contribution is -2.44. The molecule has 0 bridgehead atoms. The van der Waals surface area contributed by atoms with Crippen LogP contribution in [-0.4, -0.2) is 36.5 Å². The van der Waals surface area contributed by atoms with Crippen molar-refractivity contribution >= 4 is 35.4 Å². The molecule has 0 heterocycles. The van der Waals surface area contributed by atoms with E-state index in [0.717, 1.165) is 5.56 Å². The Labute approximate surface area is 178 Å². The number of ether oxygens (including phenoxy) is 1. The summed E-state index contributed by atoms with van der Waals surface area (Å²) in [5.41, 5.74) is 1.28. The Bertz CT molecular complexity index is 887. The molecule has 8 nitrogen and oxygen atoms in total. The number of amides is 4. The van der Waals surface area contributed by atoms with Gasteiger partial charge in [0, 0.05) is 23.7 Å². The molecule has 0 aliphatic carbocycles. The van der Waals surface area contributed by atoms with Crippen LogP contribution in [0.5, 0.6) is 0 Å². The smallest absolute Gasteiger partial charge is 0.321 e. The van der Waals surface area contributed by atoms with Crippen LogP contribution in [0.4, 0.5) is 4.79 Å². The SMILES string of the molecule is CC(OC(=O)CCNC(=O)c1ccc(Cl)cc1)C(=O)NC(=O)NCc1ccccc1. The molecule has 2 rings (SSSR count). The normalized spacial score (nSPS) is 11.1. The topological polar surface area (TPSA) is 114 Å². The molecule has 0 radical (unpaired) electrons. The van der Waals surface area contributed by atoms with Crippen LogP contribution in [0.2, 0.25) is 5.02 Å². The van der Waals surface area contributed by atoms with Crippen molar-refractivity contribution in [2.75, 3.05) is 6.54 Å². The van der Waals surface area contributed by atoms with Crippen molar-refractivity contribution in [3.63, 3.8) is 0 Å². The molecule has 4 amide bonds. The standard InChI is InChI=1S/C21H22ClN3O5/c1-14(19(27)25-21(29)24-13-15-5-3-2-4-6-15)30-18(26)11-12-23-20(28)16-7-9-17(22)10-8-16/h2-10,14H,11-13H2,1H3,(H,23,28)(H2,24,25,27,29). The summed E-state index contributed by atoms with van der Waals surface area (Å²) in [6.07, 6.45) is -1.29. The Morgan fingerprint density at radius 1 is 0.967 bits per heavy atom. The second-order valence-electron chi connectivity index (χ2n) is 6.30. The molecular weight excluding hydrogens is 410 g/mol. The van der Waals surface area contributed by atoms with Crippen LogP contribution in [-0.2, 0) is 20.9 Å². The molecule has 9 heteroatoms. The third kappa shape index (κ3) is 7.92. The van der Waals surface area contributed by atoms with Crippen molar-refractivity contribution < 1.29 is 23.9 Å². The zero-order chi connectivity index (χ0) is 21.9. The highest BCUT2D eigenvalue weighted by atomic mass is 35.5. The van der Waals surface area contributed by atoms with Gasteiger partial charge in [0.15, 0.2) is 6.10 Å². The van der Waals surface area contributed by atoms with Gasteiger partial charge in [-0.1, -0.05) is 41.9 Å². The van der Waals surface area contributed by atoms with Crippen molar-refractivity contribution in [1.82, 2.24) is 16.0 Å². The summed E-state index contributed by atoms with van der Waals surface area (Å²) < 4.78 is 4.98. The molecule has 0 saturated carbocycles. The molecule has 0 aromatic heterocycles. The van der Waals surface area contributed by atoms with Crippen molar-refractivity contribution in [3.05, 3.63) is 70.7 Å². The number of rotatable bonds is 8. The zero-order valence-electron chi connectivity index (χ0n) is 16.3. The van der Waals surface area contributed by atoms with Gasteiger partial charge in [-0.05, 0) is 36.8 Å². The first kappa shape index (κ1) is 22.9. The average Bonchev–Trinajstić information content (AvgIpc) is 2.73. The number of esters is 1. The molecule has 0 fully saturated rings. The van der Waals surface area contributed by atoms with Gasteiger partial charge in [0.1, 0.15) is 0 Å². The molecule has 0 spiro atoms. The lowest BCUT2D eigenvalue weighted by Gasteiger charge is -2.13. The second kappa shape index (κ2) is 11.6. The Morgan fingerprint density at radius 3 is 2.30 bits per heavy atom. The quantitative estimate of drug-likeness (QED) is 0.555. The fourth-order valence-corrected chi connectivity index (χ4v) is 2.45. The Kier molecular flexibility index (Phi) is 8.83. The minimum absolute atomic E-state index is 0.0339. The van der Waals surface area contributed by atoms with Gasteiger partial charge in [0.25, 0.3) is 11.8 Å². The number of hydrogen-bond acceptors (Lipinski definition) is 5. The number of carbonyl (C=O) groups is 4. The first-order valence-electron chi connectivity index (χ1n) is 9.21. The molecule has 2 aromatic carbocycles. The van der Waals surface area contributed by atoms with Gasteiger partial charge >= 0.3 is 12.0 Å². The number of halogens is 1. The predicted molar refractivity (Wildman–Crippen MR) is 111 cm³/mol. The van der Waals surface area contributed by atoms with Crippen LogP contribution in [0.3, 0.4) is 0 Å². The lowest BCUT2D eigenvalue weighted by molar-refractivity contribution is -0.154. The van der Waals surface area contributed by atoms with E-state index < -0.39 is 24.0 Å². The van der Waals surface area contributed by atoms with Gasteiger partial charge in [-0.25, -0.2) is 4.79 Å². The maximum absolute atomic E-state index is 12.0. The summed E-state index contributed by atoms with van der Waals surface area (Å²) in [6.45, 7) is 1.64. The lowest BCUT2D eigenvalue weighted by atomic mass is 10.2. The van der Waals surface area contributed by atoms with E-state index in [1.54, 1.807) is 24.3 Å². The Morgan fingerprint density at radius 2 is 1.63 bits per heavy atom. The van der Waals surface area contributed by atoms with Crippen LogP contribution < -0.4 is 16.0 Å². The molecule has 0 aliphatic heterocycles. The third-order valence-electron chi connectivity index (χ3n) is 3.93. The number of carbonyl (C=O) groups excluding carboxylic acids is 4. The average molecular weight is 432 g/mol. The summed E-state index contributed by atoms with van der Waals surface area (Å²) in [7, 11) is 0. The van der Waals surface area contributed by atoms with E-state index in [1.165, 1.54) is 6.92 Å². The maximum Gasteiger partial charge on any atom is 0.321 e. The molecule has 0 aliphatic rings. The van der Waals surface area contributed by atoms with Gasteiger partial charge in [0.2, 0.25) is 0 Å². The van der Waals surface area contributed by atoms with Crippen molar-refractivity contribution in [1.29, 1.82) is 0 Å². The van der Waals surface area contributed by atoms with Gasteiger partial charge in [-0.3, -0.25) is 19.7 Å². The van der Waals surface area contributed by atoms with Crippen molar-refractivity contribution in [3.8, 4) is 0 Å². The van der Waals surface area contributed by atoms with Crippen molar-refractivity contribution in [2.45, 2.75) is 26.0 Å². The van der Waals surface area contributed by atoms with Crippen LogP contribution in [0.1, 0.15) is 29.3 Å². The van der Waals surface area contributed by atoms with E-state index in [9.17, 15) is 19.2 Å². The fraction of sp³-hybridized carbons (Fsp3) is 0.238. The van der Waals surface area contributed by atoms with E-state index in [2.05, 4.69) is 16.0 Å². The summed E-state index contributed by atoms with van der Waals surface area (Å²) in [6, 6.07) is 14.8. The van der Waals surface area contributed by atoms with E-state index in [-0.39, 0.29) is 25.4 Å². The van der Waals surface area contributed by atoms with Crippen LogP contribution in [0, 0.1) is 0 Å². The minimum Gasteiger partial charge on any atom is -0.452 e. The van der Waals surface area contributed by atoms with E-state index >= 15 is 0 Å². The number of urea groups is 1. The summed E-state index contributed by atoms with van der Waals surface area (Å²) >= 11 is 5.76. The Balaban J connectivity index is 1.66. The molecule has 1 atom stereocenters. The van der Waals surface area contributed by atoms with Crippen LogP contribution in [0.25, 0.3) is 0 Å². The number of benzene rings is 2. The summed E-state index contributed by atoms with van der Waals surface area (Å²) in [5, 5.41) is 7.72. The van der Waals surface area contributed by atoms with Gasteiger partial charge in [-0.2, -0.15) is 0 Å². The highest BCUT2D eigenvalue weighted by Crippen LogP contribution is 2.09. The van der Waals surface area contributed by atoms with E-state index in [0.29, 0.717) is 10.6 Å². The van der Waals surface area contributed by atoms with Crippen LogP contribution in [0.15, 0.2) is 54.6 Å². The highest BCUT2D eigenvalue weighted by molar-refractivity contribution is 6.30. The van der Waals surface area contributed by atoms with Gasteiger partial charge in [0.05, 0.1) is 6.42 Å². The van der Waals surface area contributed by atoms with Gasteiger partial charge in [-0.15, -0.1) is 0 Å². The molecule has 3 N–H and O–H groups in total. The number of imide groups is 1. The zero-order valence-corrected chi connectivity index (χ0v) is 17.1. The first-order chi connectivity index (χ1) is 14.3. The van der Waals surface area contributed by atoms with E-state index in [4.69, 9.17) is 16.3 Å². The summed E-state index contributed by atoms with van der Waals surface area (Å²) in [5.74, 6) is -1.79. The van der Waals surface area contributed by atoms with Gasteiger partial charge < -0.3 is 15.4 Å². The summed E-state index contributed by atoms with van der Waals surface area (Å²) in [4.78, 5) is 47.5. The van der Waals surface area contributed by atoms with Crippen LogP contribution >= 0.6 is 11.6 Å². The molecule has 2 aromatic rings. The molecule has 1 unspecified atom stereocenters. The predicted octanol–water partition coefficient (Wildman–Crippen LogP) is 2.42. The third-order valence-corrected chi connectivity index (χ3v) is 4.18. The first-order valence-corrected chi connectivity index (χ1v) is 9.59. The van der Waals surface area contributed by atoms with E-state index in [1.807, 2.05) is 30.3 Å². The maximum atomic E-state index is 12.0. The fourth-order valence-electron chi connectivity index (χ4n) is 2.33. The minimum atomic E-state index is -1.16. The largest absolute Gasteiger partial charge is 0.452 e. The monoisotopic (exact) mass is 431 g/mol. The molecule has 158 valence electrons. The highest BCUT2D eigenvalue weighted by Gasteiger charge is 2.20. The number of nitrogens with one attached hydrogen (secondary N) is 3. The molecular formula is C21H22ClN3O5. The van der Waals surface area contributed by atoms with Crippen molar-refractivity contribution in [2.24, 2.45) is 0 Å². The second-order valence-corrected chi connectivity index (χ2v) is 6.74.